The molecule has 5 heteroatoms. The van der Waals surface area contributed by atoms with E-state index in [1.165, 1.54) is 5.56 Å². The van der Waals surface area contributed by atoms with Gasteiger partial charge in [-0.05, 0) is 53.9 Å². The summed E-state index contributed by atoms with van der Waals surface area (Å²) in [5, 5.41) is 7.19. The Balaban J connectivity index is 1.52. The maximum atomic E-state index is 12.0. The first kappa shape index (κ1) is 13.4. The number of thiophene rings is 1. The van der Waals surface area contributed by atoms with Gasteiger partial charge < -0.3 is 9.73 Å². The molecule has 1 amide bonds. The van der Waals surface area contributed by atoms with Crippen LogP contribution in [0.3, 0.4) is 0 Å². The van der Waals surface area contributed by atoms with E-state index in [-0.39, 0.29) is 5.91 Å². The third kappa shape index (κ3) is 3.11. The lowest BCUT2D eigenvalue weighted by molar-refractivity contribution is -0.122. The summed E-state index contributed by atoms with van der Waals surface area (Å²) in [5.41, 5.74) is 1.34. The van der Waals surface area contributed by atoms with E-state index in [4.69, 9.17) is 4.42 Å². The van der Waals surface area contributed by atoms with Crippen LogP contribution in [0, 0.1) is 0 Å². The van der Waals surface area contributed by atoms with Gasteiger partial charge in [0.15, 0.2) is 0 Å². The number of likely N-dealkylation sites (tertiary alicyclic amines) is 1. The fourth-order valence-electron chi connectivity index (χ4n) is 2.70. The van der Waals surface area contributed by atoms with Crippen LogP contribution >= 0.6 is 11.3 Å². The number of furan rings is 1. The second-order valence-corrected chi connectivity index (χ2v) is 5.82. The van der Waals surface area contributed by atoms with Crippen molar-refractivity contribution in [3.63, 3.8) is 0 Å². The predicted molar refractivity (Wildman–Crippen MR) is 78.4 cm³/mol. The van der Waals surface area contributed by atoms with Gasteiger partial charge in [-0.15, -0.1) is 0 Å². The molecule has 4 nitrogen and oxygen atoms in total. The Hall–Kier alpha value is -1.59. The second-order valence-electron chi connectivity index (χ2n) is 5.04. The molecule has 0 aromatic carbocycles. The number of nitrogens with zero attached hydrogens (tertiary/aromatic N) is 1. The molecule has 1 fully saturated rings. The van der Waals surface area contributed by atoms with Crippen LogP contribution in [0.2, 0.25) is 0 Å². The molecule has 0 unspecified atom stereocenters. The monoisotopic (exact) mass is 290 g/mol. The molecule has 0 bridgehead atoms. The van der Waals surface area contributed by atoms with Gasteiger partial charge in [-0.1, -0.05) is 0 Å². The van der Waals surface area contributed by atoms with Crippen LogP contribution in [0.5, 0.6) is 0 Å². The van der Waals surface area contributed by atoms with Crippen molar-refractivity contribution < 1.29 is 9.21 Å². The Bertz CT molecular complexity index is 536. The number of rotatable bonds is 5. The third-order valence-corrected chi connectivity index (χ3v) is 4.38. The van der Waals surface area contributed by atoms with Gasteiger partial charge in [-0.25, -0.2) is 0 Å². The first-order chi connectivity index (χ1) is 9.83. The van der Waals surface area contributed by atoms with Gasteiger partial charge in [-0.3, -0.25) is 9.69 Å². The molecule has 0 aliphatic carbocycles. The molecule has 1 aliphatic rings. The highest BCUT2D eigenvalue weighted by Crippen LogP contribution is 2.32. The lowest BCUT2D eigenvalue weighted by Gasteiger charge is -2.23. The van der Waals surface area contributed by atoms with Crippen molar-refractivity contribution in [3.8, 4) is 0 Å². The van der Waals surface area contributed by atoms with E-state index in [0.717, 1.165) is 25.1 Å². The van der Waals surface area contributed by atoms with Crippen LogP contribution in [0.4, 0.5) is 0 Å². The normalized spacial score (nSPS) is 19.3. The lowest BCUT2D eigenvalue weighted by Crippen LogP contribution is -2.36. The minimum absolute atomic E-state index is 0.0588. The quantitative estimate of drug-likeness (QED) is 0.921. The highest BCUT2D eigenvalue weighted by Gasteiger charge is 2.27. The fourth-order valence-corrected chi connectivity index (χ4v) is 3.40. The summed E-state index contributed by atoms with van der Waals surface area (Å²) < 4.78 is 5.21. The molecule has 3 heterocycles. The SMILES string of the molecule is O=C(CN1CCC[C@@H]1c1ccsc1)NCc1ccco1. The second kappa shape index (κ2) is 6.24. The zero-order chi connectivity index (χ0) is 13.8. The summed E-state index contributed by atoms with van der Waals surface area (Å²) >= 11 is 1.72. The molecule has 106 valence electrons. The zero-order valence-electron chi connectivity index (χ0n) is 11.2. The van der Waals surface area contributed by atoms with Crippen LogP contribution in [0.1, 0.15) is 30.2 Å². The van der Waals surface area contributed by atoms with E-state index < -0.39 is 0 Å². The van der Waals surface area contributed by atoms with E-state index in [1.54, 1.807) is 17.6 Å². The summed E-state index contributed by atoms with van der Waals surface area (Å²) in [6.07, 6.45) is 3.92. The van der Waals surface area contributed by atoms with E-state index in [2.05, 4.69) is 27.0 Å². The molecule has 1 aliphatic heterocycles. The first-order valence-corrected chi connectivity index (χ1v) is 7.82. The molecule has 1 atom stereocenters. The van der Waals surface area contributed by atoms with E-state index in [9.17, 15) is 4.79 Å². The Kier molecular flexibility index (Phi) is 4.18. The Morgan fingerprint density at radius 3 is 3.20 bits per heavy atom. The van der Waals surface area contributed by atoms with Gasteiger partial charge in [0.25, 0.3) is 0 Å². The van der Waals surface area contributed by atoms with Crippen molar-refractivity contribution in [3.05, 3.63) is 46.5 Å². The van der Waals surface area contributed by atoms with Crippen LogP contribution < -0.4 is 5.32 Å². The average molecular weight is 290 g/mol. The first-order valence-electron chi connectivity index (χ1n) is 6.88. The smallest absolute Gasteiger partial charge is 0.234 e. The number of hydrogen-bond acceptors (Lipinski definition) is 4. The minimum Gasteiger partial charge on any atom is -0.467 e. The molecule has 2 aromatic heterocycles. The fraction of sp³-hybridized carbons (Fsp3) is 0.400. The van der Waals surface area contributed by atoms with Crippen molar-refractivity contribution in [2.75, 3.05) is 13.1 Å². The minimum atomic E-state index is 0.0588. The number of carbonyl (C=O) groups excluding carboxylic acids is 1. The number of hydrogen-bond donors (Lipinski definition) is 1. The molecule has 20 heavy (non-hydrogen) atoms. The van der Waals surface area contributed by atoms with E-state index >= 15 is 0 Å². The summed E-state index contributed by atoms with van der Waals surface area (Å²) in [7, 11) is 0. The van der Waals surface area contributed by atoms with Crippen molar-refractivity contribution >= 4 is 17.2 Å². The summed E-state index contributed by atoms with van der Waals surface area (Å²) in [6, 6.07) is 6.25. The molecule has 3 rings (SSSR count). The van der Waals surface area contributed by atoms with Crippen LogP contribution in [0.25, 0.3) is 0 Å². The Morgan fingerprint density at radius 2 is 2.45 bits per heavy atom. The maximum absolute atomic E-state index is 12.0. The molecule has 0 saturated carbocycles. The van der Waals surface area contributed by atoms with Crippen LogP contribution in [0.15, 0.2) is 39.6 Å². The van der Waals surface area contributed by atoms with Crippen molar-refractivity contribution in [2.45, 2.75) is 25.4 Å². The number of nitrogens with one attached hydrogen (secondary N) is 1. The van der Waals surface area contributed by atoms with Crippen LogP contribution in [-0.4, -0.2) is 23.9 Å². The molecule has 0 radical (unpaired) electrons. The highest BCUT2D eigenvalue weighted by atomic mass is 32.1. The molecular weight excluding hydrogens is 272 g/mol. The van der Waals surface area contributed by atoms with Gasteiger partial charge in [0.2, 0.25) is 5.91 Å². The summed E-state index contributed by atoms with van der Waals surface area (Å²) in [5.74, 6) is 0.845. The van der Waals surface area contributed by atoms with Gasteiger partial charge in [0, 0.05) is 6.04 Å². The average Bonchev–Trinajstić information content (AvgIpc) is 3.18. The van der Waals surface area contributed by atoms with Crippen molar-refractivity contribution in [1.29, 1.82) is 0 Å². The van der Waals surface area contributed by atoms with Gasteiger partial charge >= 0.3 is 0 Å². The molecular formula is C15H18N2O2S. The standard InChI is InChI=1S/C15H18N2O2S/c18-15(16-9-13-3-2-7-19-13)10-17-6-1-4-14(17)12-5-8-20-11-12/h2-3,5,7-8,11,14H,1,4,6,9-10H2,(H,16,18)/t14-/m1/s1. The van der Waals surface area contributed by atoms with Crippen molar-refractivity contribution in [2.24, 2.45) is 0 Å². The van der Waals surface area contributed by atoms with Crippen molar-refractivity contribution in [1.82, 2.24) is 10.2 Å². The van der Waals surface area contributed by atoms with E-state index in [0.29, 0.717) is 19.1 Å². The number of amides is 1. The summed E-state index contributed by atoms with van der Waals surface area (Å²) in [4.78, 5) is 14.3. The zero-order valence-corrected chi connectivity index (χ0v) is 12.1. The summed E-state index contributed by atoms with van der Waals surface area (Å²) in [6.45, 7) is 1.92. The third-order valence-electron chi connectivity index (χ3n) is 3.68. The Morgan fingerprint density at radius 1 is 1.50 bits per heavy atom. The lowest BCUT2D eigenvalue weighted by atomic mass is 10.1. The van der Waals surface area contributed by atoms with E-state index in [1.807, 2.05) is 12.1 Å². The molecule has 2 aromatic rings. The van der Waals surface area contributed by atoms with Crippen LogP contribution in [-0.2, 0) is 11.3 Å². The molecule has 1 saturated heterocycles. The van der Waals surface area contributed by atoms with Gasteiger partial charge in [0.05, 0.1) is 19.4 Å². The topological polar surface area (TPSA) is 45.5 Å². The molecule has 0 spiro atoms. The predicted octanol–water partition coefficient (Wildman–Crippen LogP) is 2.79. The maximum Gasteiger partial charge on any atom is 0.234 e. The van der Waals surface area contributed by atoms with Gasteiger partial charge in [-0.2, -0.15) is 11.3 Å². The Labute approximate surface area is 122 Å². The molecule has 1 N–H and O–H groups in total. The number of carbonyl (C=O) groups is 1. The highest BCUT2D eigenvalue weighted by molar-refractivity contribution is 7.07. The largest absolute Gasteiger partial charge is 0.467 e. The van der Waals surface area contributed by atoms with Gasteiger partial charge in [0.1, 0.15) is 5.76 Å².